The molecule has 0 aliphatic rings. The Hall–Kier alpha value is -1.34. The second kappa shape index (κ2) is 7.17. The van der Waals surface area contributed by atoms with Gasteiger partial charge in [0.05, 0.1) is 6.54 Å². The predicted molar refractivity (Wildman–Crippen MR) is 79.1 cm³/mol. The molecule has 1 aromatic carbocycles. The minimum Gasteiger partial charge on any atom is -0.385 e. The van der Waals surface area contributed by atoms with Crippen molar-refractivity contribution in [2.24, 2.45) is 0 Å². The molecular formula is C11H11Br2N3O2. The number of anilines is 1. The molecule has 0 fully saturated rings. The van der Waals surface area contributed by atoms with Crippen molar-refractivity contribution >= 4 is 34.1 Å². The fraction of sp³-hybridized carbons (Fsp3) is 0.0909. The van der Waals surface area contributed by atoms with E-state index in [1.165, 1.54) is 10.6 Å². The lowest BCUT2D eigenvalue weighted by Crippen LogP contribution is -2.31. The third-order valence-electron chi connectivity index (χ3n) is 2.25. The van der Waals surface area contributed by atoms with Gasteiger partial charge in [0.1, 0.15) is 5.82 Å². The number of nitrogens with one attached hydrogen (secondary N) is 1. The highest BCUT2D eigenvalue weighted by molar-refractivity contribution is 9.93. The zero-order valence-electron chi connectivity index (χ0n) is 9.27. The number of nitrogens with two attached hydrogens (primary N) is 1. The van der Waals surface area contributed by atoms with Crippen LogP contribution < -0.4 is 17.0 Å². The predicted octanol–water partition coefficient (Wildman–Crippen LogP) is 1.86. The van der Waals surface area contributed by atoms with Crippen molar-refractivity contribution in [3.8, 4) is 0 Å². The normalized spacial score (nSPS) is 9.44. The first kappa shape index (κ1) is 14.7. The summed E-state index contributed by atoms with van der Waals surface area (Å²) in [6.07, 6.45) is 0. The fourth-order valence-corrected chi connectivity index (χ4v) is 1.47. The molecule has 0 saturated heterocycles. The van der Waals surface area contributed by atoms with E-state index in [0.29, 0.717) is 6.54 Å². The first-order valence-electron chi connectivity index (χ1n) is 4.94. The summed E-state index contributed by atoms with van der Waals surface area (Å²) < 4.78 is 1.32. The van der Waals surface area contributed by atoms with Crippen LogP contribution in [0.4, 0.5) is 5.82 Å². The van der Waals surface area contributed by atoms with Crippen LogP contribution in [0.3, 0.4) is 0 Å². The Labute approximate surface area is 118 Å². The van der Waals surface area contributed by atoms with Crippen molar-refractivity contribution in [1.82, 2.24) is 9.55 Å². The van der Waals surface area contributed by atoms with Gasteiger partial charge in [-0.25, -0.2) is 4.79 Å². The number of rotatable bonds is 2. The van der Waals surface area contributed by atoms with Crippen LogP contribution in [0, 0.1) is 0 Å². The molecule has 0 bridgehead atoms. The molecule has 18 heavy (non-hydrogen) atoms. The maximum absolute atomic E-state index is 11.5. The molecule has 3 N–H and O–H groups in total. The zero-order chi connectivity index (χ0) is 13.5. The zero-order valence-corrected chi connectivity index (χ0v) is 12.4. The van der Waals surface area contributed by atoms with Crippen LogP contribution in [-0.4, -0.2) is 9.55 Å². The van der Waals surface area contributed by atoms with Gasteiger partial charge in [0, 0.05) is 34.3 Å². The Balaban J connectivity index is 0.000000771. The van der Waals surface area contributed by atoms with E-state index in [9.17, 15) is 9.59 Å². The molecule has 0 spiro atoms. The summed E-state index contributed by atoms with van der Waals surface area (Å²) >= 11 is 5.50. The molecule has 1 heterocycles. The number of H-pyrrole nitrogens is 1. The minimum atomic E-state index is -0.492. The number of halogens is 2. The van der Waals surface area contributed by atoms with Crippen LogP contribution in [0.1, 0.15) is 5.56 Å². The van der Waals surface area contributed by atoms with E-state index < -0.39 is 11.2 Å². The SMILES string of the molecule is BrBr.Nc1cc(=O)[nH]c(=O)n1Cc1ccccc1. The number of nitrogens with zero attached hydrogens (tertiary/aromatic N) is 1. The lowest BCUT2D eigenvalue weighted by atomic mass is 10.2. The molecule has 0 aliphatic heterocycles. The molecule has 5 nitrogen and oxygen atoms in total. The summed E-state index contributed by atoms with van der Waals surface area (Å²) in [5, 5.41) is 0. The Kier molecular flexibility index (Phi) is 5.87. The number of aromatic amines is 1. The Morgan fingerprint density at radius 2 is 1.78 bits per heavy atom. The third kappa shape index (κ3) is 3.85. The van der Waals surface area contributed by atoms with Crippen LogP contribution in [-0.2, 0) is 6.54 Å². The molecule has 0 saturated carbocycles. The van der Waals surface area contributed by atoms with Crippen molar-refractivity contribution in [1.29, 1.82) is 0 Å². The number of nitrogen functional groups attached to an aromatic ring is 1. The van der Waals surface area contributed by atoms with Crippen LogP contribution >= 0.6 is 28.3 Å². The highest BCUT2D eigenvalue weighted by atomic mass is 80.9. The van der Waals surface area contributed by atoms with Crippen molar-refractivity contribution in [3.63, 3.8) is 0 Å². The lowest BCUT2D eigenvalue weighted by Gasteiger charge is -2.07. The summed E-state index contributed by atoms with van der Waals surface area (Å²) in [6, 6.07) is 10.6. The second-order valence-corrected chi connectivity index (χ2v) is 3.44. The number of hydrogen-bond donors (Lipinski definition) is 2. The monoisotopic (exact) mass is 375 g/mol. The van der Waals surface area contributed by atoms with Gasteiger partial charge in [-0.2, -0.15) is 0 Å². The van der Waals surface area contributed by atoms with Gasteiger partial charge in [-0.1, -0.05) is 30.3 Å². The van der Waals surface area contributed by atoms with E-state index in [1.54, 1.807) is 0 Å². The summed E-state index contributed by atoms with van der Waals surface area (Å²) in [6.45, 7) is 0.349. The maximum Gasteiger partial charge on any atom is 0.330 e. The van der Waals surface area contributed by atoms with Gasteiger partial charge in [0.15, 0.2) is 0 Å². The van der Waals surface area contributed by atoms with E-state index in [0.717, 1.165) is 5.56 Å². The van der Waals surface area contributed by atoms with Gasteiger partial charge in [-0.3, -0.25) is 14.3 Å². The second-order valence-electron chi connectivity index (χ2n) is 3.44. The van der Waals surface area contributed by atoms with Crippen LogP contribution in [0.5, 0.6) is 0 Å². The lowest BCUT2D eigenvalue weighted by molar-refractivity contribution is 0.733. The van der Waals surface area contributed by atoms with Crippen molar-refractivity contribution in [2.75, 3.05) is 5.73 Å². The highest BCUT2D eigenvalue weighted by Crippen LogP contribution is 2.02. The van der Waals surface area contributed by atoms with Gasteiger partial charge in [-0.15, -0.1) is 0 Å². The Morgan fingerprint density at radius 3 is 2.33 bits per heavy atom. The van der Waals surface area contributed by atoms with Crippen LogP contribution in [0.15, 0.2) is 46.0 Å². The van der Waals surface area contributed by atoms with Crippen molar-refractivity contribution in [2.45, 2.75) is 6.54 Å². The molecule has 0 unspecified atom stereocenters. The number of benzene rings is 1. The molecule has 0 aliphatic carbocycles. The van der Waals surface area contributed by atoms with Crippen LogP contribution in [0.2, 0.25) is 0 Å². The molecule has 0 atom stereocenters. The maximum atomic E-state index is 11.5. The molecule has 2 rings (SSSR count). The van der Waals surface area contributed by atoms with Gasteiger partial charge in [0.25, 0.3) is 5.56 Å². The third-order valence-corrected chi connectivity index (χ3v) is 2.25. The Bertz CT molecular complexity index is 608. The smallest absolute Gasteiger partial charge is 0.330 e. The first-order chi connectivity index (χ1) is 8.66. The molecule has 2 aromatic rings. The molecular weight excluding hydrogens is 366 g/mol. The standard InChI is InChI=1S/C11H11N3O2.Br2/c12-9-6-10(15)13-11(16)14(9)7-8-4-2-1-3-5-8;1-2/h1-6H,7,12H2,(H,13,15,16);. The van der Waals surface area contributed by atoms with E-state index in [1.807, 2.05) is 30.3 Å². The summed E-state index contributed by atoms with van der Waals surface area (Å²) in [7, 11) is 0. The molecule has 0 amide bonds. The largest absolute Gasteiger partial charge is 0.385 e. The summed E-state index contributed by atoms with van der Waals surface area (Å²) in [5.41, 5.74) is 5.59. The van der Waals surface area contributed by atoms with Gasteiger partial charge < -0.3 is 5.73 Å². The van der Waals surface area contributed by atoms with Gasteiger partial charge >= 0.3 is 5.69 Å². The van der Waals surface area contributed by atoms with E-state index in [2.05, 4.69) is 33.2 Å². The van der Waals surface area contributed by atoms with E-state index >= 15 is 0 Å². The van der Waals surface area contributed by atoms with E-state index in [4.69, 9.17) is 5.73 Å². The Morgan fingerprint density at radius 1 is 1.17 bits per heavy atom. The minimum absolute atomic E-state index is 0.164. The van der Waals surface area contributed by atoms with Gasteiger partial charge in [-0.05, 0) is 5.56 Å². The molecule has 0 radical (unpaired) electrons. The summed E-state index contributed by atoms with van der Waals surface area (Å²) in [4.78, 5) is 24.6. The molecule has 1 aromatic heterocycles. The average Bonchev–Trinajstić information content (AvgIpc) is 2.37. The number of aromatic nitrogens is 2. The molecule has 96 valence electrons. The van der Waals surface area contributed by atoms with Crippen molar-refractivity contribution in [3.05, 3.63) is 62.8 Å². The summed E-state index contributed by atoms with van der Waals surface area (Å²) in [5.74, 6) is 0.164. The average molecular weight is 377 g/mol. The van der Waals surface area contributed by atoms with Crippen molar-refractivity contribution < 1.29 is 0 Å². The van der Waals surface area contributed by atoms with E-state index in [-0.39, 0.29) is 5.82 Å². The fourth-order valence-electron chi connectivity index (χ4n) is 1.47. The first-order valence-corrected chi connectivity index (χ1v) is 8.66. The highest BCUT2D eigenvalue weighted by Gasteiger charge is 2.02. The topological polar surface area (TPSA) is 80.9 Å². The van der Waals surface area contributed by atoms with Gasteiger partial charge in [0.2, 0.25) is 0 Å². The molecule has 7 heteroatoms. The quantitative estimate of drug-likeness (QED) is 0.839. The van der Waals surface area contributed by atoms with Crippen LogP contribution in [0.25, 0.3) is 0 Å². The number of hydrogen-bond acceptors (Lipinski definition) is 3.